The first kappa shape index (κ1) is 60.0. The molecule has 0 fully saturated rings. The van der Waals surface area contributed by atoms with Crippen molar-refractivity contribution in [1.29, 1.82) is 0 Å². The van der Waals surface area contributed by atoms with Gasteiger partial charge >= 0.3 is 12.1 Å². The van der Waals surface area contributed by atoms with E-state index in [1.165, 1.54) is 6.92 Å². The molecule has 1 aliphatic carbocycles. The predicted octanol–water partition coefficient (Wildman–Crippen LogP) is 5.20. The van der Waals surface area contributed by atoms with E-state index in [0.717, 1.165) is 50.6 Å². The Labute approximate surface area is 372 Å². The van der Waals surface area contributed by atoms with Crippen molar-refractivity contribution < 1.29 is 57.2 Å². The van der Waals surface area contributed by atoms with Gasteiger partial charge in [0.1, 0.15) is 23.9 Å². The topological polar surface area (TPSA) is 218 Å². The summed E-state index contributed by atoms with van der Waals surface area (Å²) in [7, 11) is 1.87. The number of carbonyl (C=O) groups excluding carboxylic acids is 6. The van der Waals surface area contributed by atoms with Crippen LogP contribution in [0.4, 0.5) is 4.79 Å². The number of likely N-dealkylation sites (N-methyl/N-ethyl adjacent to an activating group) is 1. The normalized spacial score (nSPS) is 12.5. The van der Waals surface area contributed by atoms with Gasteiger partial charge in [-0.3, -0.25) is 24.0 Å². The van der Waals surface area contributed by atoms with Crippen LogP contribution >= 0.6 is 0 Å². The third kappa shape index (κ3) is 45.5. The summed E-state index contributed by atoms with van der Waals surface area (Å²) in [6.45, 7) is 20.1. The van der Waals surface area contributed by atoms with Gasteiger partial charge in [-0.05, 0) is 106 Å². The molecule has 0 saturated carbocycles. The van der Waals surface area contributed by atoms with E-state index >= 15 is 0 Å². The smallest absolute Gasteiger partial charge is 0.407 e. The molecule has 4 amide bonds. The summed E-state index contributed by atoms with van der Waals surface area (Å²) < 4.78 is 30.9. The molecule has 0 saturated heterocycles. The minimum atomic E-state index is -0.700. The molecule has 0 aromatic rings. The SMILES string of the molecule is CC(=O)OC(C)(C)C.CCCCCC(=O)NCCCCNC(=O)C(CCCCNC(=O)OC(C)(C)C)NC(=O)CCOCCOCCOCCNC.O=COCC1=CCCC=C1. The minimum Gasteiger partial charge on any atom is -0.463 e. The van der Waals surface area contributed by atoms with Gasteiger partial charge < -0.3 is 55.0 Å². The van der Waals surface area contributed by atoms with Gasteiger partial charge in [-0.2, -0.15) is 0 Å². The van der Waals surface area contributed by atoms with Crippen LogP contribution < -0.4 is 26.6 Å². The van der Waals surface area contributed by atoms with Crippen LogP contribution in [-0.2, 0) is 52.4 Å². The highest BCUT2D eigenvalue weighted by molar-refractivity contribution is 5.87. The number of esters is 1. The summed E-state index contributed by atoms with van der Waals surface area (Å²) in [6, 6.07) is -0.700. The third-order valence-corrected chi connectivity index (χ3v) is 8.03. The first-order chi connectivity index (χ1) is 29.4. The van der Waals surface area contributed by atoms with Crippen LogP contribution in [0.2, 0.25) is 0 Å². The van der Waals surface area contributed by atoms with Gasteiger partial charge in [0.25, 0.3) is 6.47 Å². The van der Waals surface area contributed by atoms with E-state index in [9.17, 15) is 28.8 Å². The number of hydrogen-bond donors (Lipinski definition) is 5. The van der Waals surface area contributed by atoms with E-state index in [1.54, 1.807) is 20.8 Å². The van der Waals surface area contributed by atoms with Crippen LogP contribution in [0, 0.1) is 0 Å². The predicted molar refractivity (Wildman–Crippen MR) is 240 cm³/mol. The highest BCUT2D eigenvalue weighted by atomic mass is 16.6. The summed E-state index contributed by atoms with van der Waals surface area (Å²) in [6.07, 6.45) is 14.7. The Hall–Kier alpha value is -4.06. The van der Waals surface area contributed by atoms with Crippen LogP contribution in [0.5, 0.6) is 0 Å². The van der Waals surface area contributed by atoms with Crippen molar-refractivity contribution in [3.63, 3.8) is 0 Å². The molecule has 0 aliphatic heterocycles. The van der Waals surface area contributed by atoms with Crippen molar-refractivity contribution in [2.45, 2.75) is 150 Å². The zero-order valence-corrected chi connectivity index (χ0v) is 39.5. The highest BCUT2D eigenvalue weighted by Gasteiger charge is 2.21. The molecule has 1 aliphatic rings. The van der Waals surface area contributed by atoms with E-state index < -0.39 is 17.7 Å². The van der Waals surface area contributed by atoms with Gasteiger partial charge in [0, 0.05) is 45.9 Å². The van der Waals surface area contributed by atoms with Gasteiger partial charge in [-0.15, -0.1) is 0 Å². The van der Waals surface area contributed by atoms with Gasteiger partial charge in [0.05, 0.1) is 39.6 Å². The maximum atomic E-state index is 12.9. The third-order valence-electron chi connectivity index (χ3n) is 8.03. The lowest BCUT2D eigenvalue weighted by Gasteiger charge is -2.20. The van der Waals surface area contributed by atoms with Crippen molar-refractivity contribution >= 4 is 36.3 Å². The summed E-state index contributed by atoms with van der Waals surface area (Å²) in [4.78, 5) is 69.1. The Bertz CT molecular complexity index is 1260. The van der Waals surface area contributed by atoms with E-state index in [-0.39, 0.29) is 42.3 Å². The van der Waals surface area contributed by atoms with E-state index in [0.29, 0.717) is 97.9 Å². The fraction of sp³-hybridized carbons (Fsp3) is 0.778. The highest BCUT2D eigenvalue weighted by Crippen LogP contribution is 2.10. The Morgan fingerprint density at radius 3 is 1.84 bits per heavy atom. The van der Waals surface area contributed by atoms with Crippen molar-refractivity contribution in [2.75, 3.05) is 79.5 Å². The van der Waals surface area contributed by atoms with Gasteiger partial charge in [0.15, 0.2) is 0 Å². The molecule has 1 unspecified atom stereocenters. The molecule has 1 rings (SSSR count). The van der Waals surface area contributed by atoms with Gasteiger partial charge in [-0.1, -0.05) is 38.0 Å². The summed E-state index contributed by atoms with van der Waals surface area (Å²) in [5, 5.41) is 14.3. The van der Waals surface area contributed by atoms with E-state index in [2.05, 4.69) is 50.4 Å². The average Bonchev–Trinajstić information content (AvgIpc) is 3.19. The zero-order valence-electron chi connectivity index (χ0n) is 39.5. The van der Waals surface area contributed by atoms with Gasteiger partial charge in [0.2, 0.25) is 17.7 Å². The first-order valence-corrected chi connectivity index (χ1v) is 22.2. The molecule has 1 atom stereocenters. The van der Waals surface area contributed by atoms with Crippen LogP contribution in [0.25, 0.3) is 0 Å². The summed E-state index contributed by atoms with van der Waals surface area (Å²) >= 11 is 0. The molecule has 0 heterocycles. The number of ether oxygens (including phenoxy) is 6. The molecule has 17 nitrogen and oxygen atoms in total. The lowest BCUT2D eigenvalue weighted by molar-refractivity contribution is -0.152. The molecule has 0 aromatic heterocycles. The second kappa shape index (κ2) is 39.8. The molecule has 360 valence electrons. The lowest BCUT2D eigenvalue weighted by Crippen LogP contribution is -2.47. The quantitative estimate of drug-likeness (QED) is 0.0262. The minimum absolute atomic E-state index is 0.0632. The largest absolute Gasteiger partial charge is 0.463 e. The number of unbranched alkanes of at least 4 members (excludes halogenated alkanes) is 4. The Morgan fingerprint density at radius 1 is 0.694 bits per heavy atom. The molecule has 0 radical (unpaired) electrons. The Balaban J connectivity index is 0. The monoisotopic (exact) mass is 886 g/mol. The summed E-state index contributed by atoms with van der Waals surface area (Å²) in [5.41, 5.74) is 0.194. The zero-order chi connectivity index (χ0) is 46.9. The lowest BCUT2D eigenvalue weighted by atomic mass is 10.1. The number of nitrogens with one attached hydrogen (secondary N) is 5. The van der Waals surface area contributed by atoms with E-state index in [4.69, 9.17) is 23.7 Å². The molecule has 0 aromatic carbocycles. The fourth-order valence-corrected chi connectivity index (χ4v) is 5.17. The maximum absolute atomic E-state index is 12.9. The second-order valence-corrected chi connectivity index (χ2v) is 16.4. The number of alkyl carbamates (subject to hydrolysis) is 1. The van der Waals surface area contributed by atoms with E-state index in [1.807, 2.05) is 33.9 Å². The van der Waals surface area contributed by atoms with Crippen LogP contribution in [0.3, 0.4) is 0 Å². The Morgan fingerprint density at radius 2 is 1.29 bits per heavy atom. The standard InChI is InChI=1S/C31H61N5O8.C8H10O2.C6H12O2/c1-6-7-8-14-27(37)33-16-11-12-17-34-29(39)26(13-9-10-18-35-30(40)44-31(2,3)4)36-28(38)15-20-41-22-24-43-25-23-42-21-19-32-5;9-7-10-6-8-4-2-1-3-5-8;1-5(7)8-6(2,3)4/h26,32H,6-25H2,1-5H3,(H,33,37)(H,34,39)(H,35,40)(H,36,38);2,4-5,7H,1,3,6H2;1-4H3. The van der Waals surface area contributed by atoms with Gasteiger partial charge in [-0.25, -0.2) is 4.79 Å². The molecule has 5 N–H and O–H groups in total. The van der Waals surface area contributed by atoms with Crippen molar-refractivity contribution in [3.05, 3.63) is 23.8 Å². The van der Waals surface area contributed by atoms with Crippen molar-refractivity contribution in [3.8, 4) is 0 Å². The summed E-state index contributed by atoms with van der Waals surface area (Å²) in [5.74, 6) is -0.694. The molecule has 0 bridgehead atoms. The number of hydrogen-bond acceptors (Lipinski definition) is 13. The molecule has 17 heteroatoms. The fourth-order valence-electron chi connectivity index (χ4n) is 5.17. The molecule has 62 heavy (non-hydrogen) atoms. The maximum Gasteiger partial charge on any atom is 0.407 e. The van der Waals surface area contributed by atoms with Crippen LogP contribution in [-0.4, -0.2) is 133 Å². The Kier molecular flexibility index (Phi) is 38.5. The second-order valence-electron chi connectivity index (χ2n) is 16.4. The van der Waals surface area contributed by atoms with Crippen molar-refractivity contribution in [1.82, 2.24) is 26.6 Å². The number of allylic oxidation sites excluding steroid dienone is 2. The number of rotatable bonds is 31. The number of carbonyl (C=O) groups is 6. The number of amides is 4. The van der Waals surface area contributed by atoms with Crippen LogP contribution in [0.15, 0.2) is 23.8 Å². The molecule has 0 spiro atoms. The van der Waals surface area contributed by atoms with Crippen LogP contribution in [0.1, 0.15) is 132 Å². The van der Waals surface area contributed by atoms with Crippen molar-refractivity contribution in [2.24, 2.45) is 0 Å². The molecular formula is C45H83N5O12. The first-order valence-electron chi connectivity index (χ1n) is 22.2. The molecular weight excluding hydrogens is 803 g/mol. The average molecular weight is 886 g/mol.